The average molecular weight is 241 g/mol. The van der Waals surface area contributed by atoms with Gasteiger partial charge in [-0.3, -0.25) is 0 Å². The Morgan fingerprint density at radius 2 is 2.22 bits per heavy atom. The Labute approximate surface area is 110 Å². The summed E-state index contributed by atoms with van der Waals surface area (Å²) in [6, 6.07) is 0.737. The highest BCUT2D eigenvalue weighted by Crippen LogP contribution is 2.58. The zero-order valence-electron chi connectivity index (χ0n) is 11.2. The minimum absolute atomic E-state index is 0.515. The Bertz CT molecular complexity index is 452. The highest BCUT2D eigenvalue weighted by Gasteiger charge is 2.52. The van der Waals surface area contributed by atoms with Gasteiger partial charge in [0.25, 0.3) is 0 Å². The summed E-state index contributed by atoms with van der Waals surface area (Å²) < 4.78 is 0. The number of nitrogens with one attached hydrogen (secondary N) is 1. The highest BCUT2D eigenvalue weighted by atomic mass is 15.0. The molecule has 96 valence electrons. The first-order chi connectivity index (χ1) is 8.81. The molecule has 1 aliphatic heterocycles. The summed E-state index contributed by atoms with van der Waals surface area (Å²) in [4.78, 5) is 0. The van der Waals surface area contributed by atoms with Crippen LogP contribution in [0.4, 0.5) is 0 Å². The molecule has 2 fully saturated rings. The lowest BCUT2D eigenvalue weighted by Crippen LogP contribution is -2.57. The van der Waals surface area contributed by atoms with E-state index >= 15 is 0 Å². The lowest BCUT2D eigenvalue weighted by atomic mass is 9.51. The minimum atomic E-state index is 0.515. The van der Waals surface area contributed by atoms with Crippen LogP contribution in [0, 0.1) is 11.3 Å². The molecule has 2 bridgehead atoms. The first-order valence-corrected chi connectivity index (χ1v) is 7.63. The molecule has 3 atom stereocenters. The largest absolute Gasteiger partial charge is 0.313 e. The maximum Gasteiger partial charge on any atom is 0.0144 e. The van der Waals surface area contributed by atoms with Gasteiger partial charge in [0.1, 0.15) is 0 Å². The lowest BCUT2D eigenvalue weighted by molar-refractivity contribution is 0.0468. The minimum Gasteiger partial charge on any atom is -0.313 e. The predicted molar refractivity (Wildman–Crippen MR) is 75.3 cm³/mol. The summed E-state index contributed by atoms with van der Waals surface area (Å²) in [5, 5.41) is 3.80. The number of hydrogen-bond donors (Lipinski definition) is 1. The maximum absolute atomic E-state index is 4.32. The van der Waals surface area contributed by atoms with E-state index in [0.29, 0.717) is 5.41 Å². The van der Waals surface area contributed by atoms with Crippen LogP contribution in [0.5, 0.6) is 0 Å². The van der Waals surface area contributed by atoms with Crippen LogP contribution >= 0.6 is 0 Å². The van der Waals surface area contributed by atoms with Crippen molar-refractivity contribution >= 4 is 0 Å². The monoisotopic (exact) mass is 241 g/mol. The van der Waals surface area contributed by atoms with Gasteiger partial charge in [0.2, 0.25) is 0 Å². The van der Waals surface area contributed by atoms with Crippen LogP contribution in [0.3, 0.4) is 0 Å². The van der Waals surface area contributed by atoms with Gasteiger partial charge in [0.15, 0.2) is 0 Å². The van der Waals surface area contributed by atoms with E-state index in [4.69, 9.17) is 0 Å². The summed E-state index contributed by atoms with van der Waals surface area (Å²) in [5.74, 6) is 0.897. The summed E-state index contributed by atoms with van der Waals surface area (Å²) in [6.45, 7) is 5.54. The van der Waals surface area contributed by atoms with E-state index < -0.39 is 0 Å². The number of piperidine rings is 1. The normalized spacial score (nSPS) is 42.6. The smallest absolute Gasteiger partial charge is 0.0144 e. The molecule has 18 heavy (non-hydrogen) atoms. The van der Waals surface area contributed by atoms with E-state index in [9.17, 15) is 0 Å². The molecule has 1 saturated heterocycles. The second-order valence-corrected chi connectivity index (χ2v) is 6.63. The number of allylic oxidation sites excluding steroid dienone is 4. The SMILES string of the molecule is C=C1CC=CC2=C1C[C@H]1NCC[C@@]23CCCC[C@@H]13. The second kappa shape index (κ2) is 3.84. The van der Waals surface area contributed by atoms with E-state index in [2.05, 4.69) is 24.0 Å². The van der Waals surface area contributed by atoms with Gasteiger partial charge >= 0.3 is 0 Å². The first kappa shape index (κ1) is 11.0. The number of rotatable bonds is 0. The summed E-state index contributed by atoms with van der Waals surface area (Å²) >= 11 is 0. The van der Waals surface area contributed by atoms with E-state index in [-0.39, 0.29) is 0 Å². The molecular weight excluding hydrogens is 218 g/mol. The quantitative estimate of drug-likeness (QED) is 0.681. The Balaban J connectivity index is 1.88. The topological polar surface area (TPSA) is 12.0 Å². The molecule has 1 saturated carbocycles. The van der Waals surface area contributed by atoms with Crippen molar-refractivity contribution in [1.82, 2.24) is 5.32 Å². The molecule has 1 heterocycles. The molecule has 0 radical (unpaired) electrons. The summed E-state index contributed by atoms with van der Waals surface area (Å²) in [5.41, 5.74) is 5.22. The van der Waals surface area contributed by atoms with Crippen molar-refractivity contribution in [1.29, 1.82) is 0 Å². The van der Waals surface area contributed by atoms with Crippen molar-refractivity contribution in [2.75, 3.05) is 6.54 Å². The average Bonchev–Trinajstić information content (AvgIpc) is 2.40. The summed E-state index contributed by atoms with van der Waals surface area (Å²) in [7, 11) is 0. The van der Waals surface area contributed by atoms with Gasteiger partial charge in [-0.2, -0.15) is 0 Å². The molecule has 0 aromatic rings. The molecule has 0 amide bonds. The molecule has 0 spiro atoms. The van der Waals surface area contributed by atoms with Gasteiger partial charge in [0.05, 0.1) is 0 Å². The van der Waals surface area contributed by atoms with Gasteiger partial charge in [-0.25, -0.2) is 0 Å². The van der Waals surface area contributed by atoms with Crippen LogP contribution in [0.25, 0.3) is 0 Å². The van der Waals surface area contributed by atoms with E-state index in [1.54, 1.807) is 11.1 Å². The molecule has 3 aliphatic carbocycles. The van der Waals surface area contributed by atoms with Crippen molar-refractivity contribution in [2.24, 2.45) is 11.3 Å². The van der Waals surface area contributed by atoms with Gasteiger partial charge in [0, 0.05) is 11.5 Å². The Morgan fingerprint density at radius 3 is 3.17 bits per heavy atom. The molecular formula is C17H23N. The van der Waals surface area contributed by atoms with Crippen molar-refractivity contribution < 1.29 is 0 Å². The van der Waals surface area contributed by atoms with Crippen LogP contribution < -0.4 is 5.32 Å². The fourth-order valence-corrected chi connectivity index (χ4v) is 5.14. The molecule has 1 nitrogen and oxygen atoms in total. The van der Waals surface area contributed by atoms with Gasteiger partial charge < -0.3 is 5.32 Å². The molecule has 1 heteroatoms. The standard InChI is InChI=1S/C17H23N/c1-12-5-4-7-14-13(12)11-16-15-6-2-3-8-17(14,15)9-10-18-16/h4,7,15-16,18H,1-3,5-6,8-11H2/t15-,16+,17-/m0/s1. The van der Waals surface area contributed by atoms with E-state index in [1.807, 2.05) is 0 Å². The Kier molecular flexibility index (Phi) is 2.35. The van der Waals surface area contributed by atoms with Crippen molar-refractivity contribution in [3.63, 3.8) is 0 Å². The predicted octanol–water partition coefficient (Wildman–Crippen LogP) is 3.74. The zero-order chi connectivity index (χ0) is 12.2. The molecule has 0 aromatic heterocycles. The third-order valence-corrected chi connectivity index (χ3v) is 5.92. The highest BCUT2D eigenvalue weighted by molar-refractivity contribution is 5.50. The molecule has 4 aliphatic rings. The van der Waals surface area contributed by atoms with Crippen LogP contribution in [0.15, 0.2) is 35.5 Å². The van der Waals surface area contributed by atoms with Crippen molar-refractivity contribution in [3.05, 3.63) is 35.5 Å². The van der Waals surface area contributed by atoms with E-state index in [1.165, 1.54) is 50.6 Å². The third-order valence-electron chi connectivity index (χ3n) is 5.92. The molecule has 0 unspecified atom stereocenters. The Hall–Kier alpha value is -0.820. The maximum atomic E-state index is 4.32. The van der Waals surface area contributed by atoms with Crippen LogP contribution in [-0.2, 0) is 0 Å². The van der Waals surface area contributed by atoms with Crippen molar-refractivity contribution in [2.45, 2.75) is 51.0 Å². The zero-order valence-corrected chi connectivity index (χ0v) is 11.2. The fraction of sp³-hybridized carbons (Fsp3) is 0.647. The van der Waals surface area contributed by atoms with Crippen LogP contribution in [0.1, 0.15) is 44.9 Å². The lowest BCUT2D eigenvalue weighted by Gasteiger charge is -2.57. The molecule has 0 aromatic carbocycles. The van der Waals surface area contributed by atoms with Gasteiger partial charge in [-0.15, -0.1) is 0 Å². The molecule has 4 rings (SSSR count). The number of hydrogen-bond acceptors (Lipinski definition) is 1. The van der Waals surface area contributed by atoms with Gasteiger partial charge in [-0.1, -0.05) is 31.6 Å². The summed E-state index contributed by atoms with van der Waals surface area (Å²) in [6.07, 6.45) is 14.2. The molecule has 1 N–H and O–H groups in total. The van der Waals surface area contributed by atoms with E-state index in [0.717, 1.165) is 18.4 Å². The van der Waals surface area contributed by atoms with Gasteiger partial charge in [-0.05, 0) is 61.3 Å². The van der Waals surface area contributed by atoms with Crippen LogP contribution in [0.2, 0.25) is 0 Å². The second-order valence-electron chi connectivity index (χ2n) is 6.63. The van der Waals surface area contributed by atoms with Crippen LogP contribution in [-0.4, -0.2) is 12.6 Å². The third kappa shape index (κ3) is 1.31. The first-order valence-electron chi connectivity index (χ1n) is 7.63. The fourth-order valence-electron chi connectivity index (χ4n) is 5.14. The Morgan fingerprint density at radius 1 is 1.28 bits per heavy atom. The van der Waals surface area contributed by atoms with Crippen molar-refractivity contribution in [3.8, 4) is 0 Å².